The number of rotatable bonds is 9. The van der Waals surface area contributed by atoms with E-state index in [1.165, 1.54) is 6.26 Å². The van der Waals surface area contributed by atoms with Gasteiger partial charge in [-0.2, -0.15) is 4.98 Å². The number of sulfone groups is 1. The minimum absolute atomic E-state index is 0.429. The number of anilines is 6. The highest BCUT2D eigenvalue weighted by atomic mass is 32.2. The molecule has 2 heterocycles. The fourth-order valence-electron chi connectivity index (χ4n) is 4.25. The van der Waals surface area contributed by atoms with Gasteiger partial charge in [0.15, 0.2) is 9.84 Å². The van der Waals surface area contributed by atoms with Gasteiger partial charge in [0.25, 0.3) is 0 Å². The van der Waals surface area contributed by atoms with E-state index in [1.807, 2.05) is 84.2 Å². The van der Waals surface area contributed by atoms with Crippen molar-refractivity contribution in [2.45, 2.75) is 12.2 Å². The first-order valence-corrected chi connectivity index (χ1v) is 14.6. The molecule has 0 aliphatic carbocycles. The van der Waals surface area contributed by atoms with Crippen LogP contribution in [0.2, 0.25) is 0 Å². The maximum absolute atomic E-state index is 11.9. The molecule has 206 valence electrons. The third kappa shape index (κ3) is 5.69. The van der Waals surface area contributed by atoms with Gasteiger partial charge in [0.05, 0.1) is 23.4 Å². The number of fused-ring (bicyclic) bond motifs is 1. The van der Waals surface area contributed by atoms with Gasteiger partial charge in [-0.15, -0.1) is 0 Å². The zero-order valence-electron chi connectivity index (χ0n) is 23.0. The predicted molar refractivity (Wildman–Crippen MR) is 160 cm³/mol. The lowest BCUT2D eigenvalue weighted by atomic mass is 10.1. The molecule has 1 unspecified atom stereocenters. The minimum atomic E-state index is -3.17. The van der Waals surface area contributed by atoms with Crippen molar-refractivity contribution < 1.29 is 13.2 Å². The van der Waals surface area contributed by atoms with Crippen LogP contribution in [0.3, 0.4) is 0 Å². The molecule has 3 aromatic carbocycles. The summed E-state index contributed by atoms with van der Waals surface area (Å²) in [5, 5.41) is 5.99. The second kappa shape index (κ2) is 10.9. The number of nitrogens with one attached hydrogen (secondary N) is 2. The molecule has 0 saturated carbocycles. The molecule has 11 heteroatoms. The lowest BCUT2D eigenvalue weighted by Gasteiger charge is -2.19. The number of hydrogen-bond donors (Lipinski definition) is 2. The Morgan fingerprint density at radius 1 is 0.925 bits per heavy atom. The second-order valence-corrected chi connectivity index (χ2v) is 11.9. The molecule has 2 N–H and O–H groups in total. The van der Waals surface area contributed by atoms with Gasteiger partial charge in [-0.3, -0.25) is 0 Å². The summed E-state index contributed by atoms with van der Waals surface area (Å²) >= 11 is 0. The van der Waals surface area contributed by atoms with E-state index in [2.05, 4.69) is 20.6 Å². The van der Waals surface area contributed by atoms with E-state index in [0.29, 0.717) is 11.8 Å². The van der Waals surface area contributed by atoms with Gasteiger partial charge in [-0.25, -0.2) is 18.4 Å². The summed E-state index contributed by atoms with van der Waals surface area (Å²) < 4.78 is 31.0. The second-order valence-electron chi connectivity index (χ2n) is 9.54. The molecule has 5 rings (SSSR count). The lowest BCUT2D eigenvalue weighted by molar-refractivity contribution is 0.415. The quantitative estimate of drug-likeness (QED) is 0.234. The van der Waals surface area contributed by atoms with E-state index < -0.39 is 15.1 Å². The number of benzene rings is 3. The van der Waals surface area contributed by atoms with Gasteiger partial charge in [0, 0.05) is 43.6 Å². The summed E-state index contributed by atoms with van der Waals surface area (Å²) in [6.07, 6.45) is 2.93. The molecule has 2 aromatic heterocycles. The Morgan fingerprint density at radius 2 is 1.60 bits per heavy atom. The molecular formula is C29H31N7O3S. The highest BCUT2D eigenvalue weighted by Gasteiger charge is 2.17. The van der Waals surface area contributed by atoms with Crippen LogP contribution in [0.5, 0.6) is 5.75 Å². The van der Waals surface area contributed by atoms with Crippen LogP contribution in [0.15, 0.2) is 79.0 Å². The summed E-state index contributed by atoms with van der Waals surface area (Å²) in [4.78, 5) is 15.8. The zero-order valence-corrected chi connectivity index (χ0v) is 23.8. The van der Waals surface area contributed by atoms with Crippen LogP contribution in [-0.2, 0) is 16.9 Å². The summed E-state index contributed by atoms with van der Waals surface area (Å²) in [6, 6.07) is 22.8. The molecule has 10 nitrogen and oxygen atoms in total. The van der Waals surface area contributed by atoms with E-state index in [9.17, 15) is 8.42 Å². The van der Waals surface area contributed by atoms with Gasteiger partial charge in [-0.05, 0) is 73.2 Å². The molecular weight excluding hydrogens is 526 g/mol. The smallest absolute Gasteiger partial charge is 0.229 e. The third-order valence-corrected chi connectivity index (χ3v) is 8.42. The van der Waals surface area contributed by atoms with Crippen LogP contribution in [0.25, 0.3) is 11.0 Å². The Hall–Kier alpha value is -4.64. The summed E-state index contributed by atoms with van der Waals surface area (Å²) in [5.74, 6) is 2.65. The molecule has 0 radical (unpaired) electrons. The average Bonchev–Trinajstić information content (AvgIpc) is 3.26. The summed E-state index contributed by atoms with van der Waals surface area (Å²) in [7, 11) is 2.39. The number of nitrogens with zero attached hydrogens (tertiary/aromatic N) is 5. The van der Waals surface area contributed by atoms with E-state index in [-0.39, 0.29) is 0 Å². The standard InChI is InChI=1S/C29H31N7O3S/c1-19(40(5,37)38)20-6-8-21(9-7-20)31-28-30-17-16-27(34-28)35(2)23-12-15-26-25(18-23)33-29(36(26)3)32-22-10-13-24(39-4)14-11-22/h6-19H,1-5H3,(H,32,33)(H,30,31,34). The topological polar surface area (TPSA) is 114 Å². The maximum Gasteiger partial charge on any atom is 0.229 e. The predicted octanol–water partition coefficient (Wildman–Crippen LogP) is 5.73. The first kappa shape index (κ1) is 26.9. The van der Waals surface area contributed by atoms with Crippen molar-refractivity contribution in [2.75, 3.05) is 35.9 Å². The first-order valence-electron chi connectivity index (χ1n) is 12.6. The molecule has 0 fully saturated rings. The van der Waals surface area contributed by atoms with Gasteiger partial charge in [0.2, 0.25) is 11.9 Å². The van der Waals surface area contributed by atoms with Crippen LogP contribution >= 0.6 is 0 Å². The summed E-state index contributed by atoms with van der Waals surface area (Å²) in [5.41, 5.74) is 5.17. The normalized spacial score (nSPS) is 12.2. The van der Waals surface area contributed by atoms with Crippen LogP contribution in [0, 0.1) is 0 Å². The van der Waals surface area contributed by atoms with Gasteiger partial charge in [-0.1, -0.05) is 12.1 Å². The van der Waals surface area contributed by atoms with Crippen molar-refractivity contribution >= 4 is 55.6 Å². The van der Waals surface area contributed by atoms with Crippen molar-refractivity contribution in [3.05, 3.63) is 84.6 Å². The Morgan fingerprint density at radius 3 is 2.27 bits per heavy atom. The Kier molecular flexibility index (Phi) is 7.31. The molecule has 1 atom stereocenters. The molecule has 0 amide bonds. The Balaban J connectivity index is 1.33. The van der Waals surface area contributed by atoms with Crippen molar-refractivity contribution in [2.24, 2.45) is 7.05 Å². The van der Waals surface area contributed by atoms with Crippen molar-refractivity contribution in [3.8, 4) is 5.75 Å². The van der Waals surface area contributed by atoms with E-state index in [0.717, 1.165) is 45.4 Å². The van der Waals surface area contributed by atoms with E-state index in [1.54, 1.807) is 32.4 Å². The number of hydrogen-bond acceptors (Lipinski definition) is 9. The fourth-order valence-corrected chi connectivity index (χ4v) is 4.91. The molecule has 40 heavy (non-hydrogen) atoms. The lowest BCUT2D eigenvalue weighted by Crippen LogP contribution is -2.12. The van der Waals surface area contributed by atoms with Crippen LogP contribution < -0.4 is 20.3 Å². The zero-order chi connectivity index (χ0) is 28.4. The van der Waals surface area contributed by atoms with Crippen LogP contribution in [0.1, 0.15) is 17.7 Å². The fraction of sp³-hybridized carbons (Fsp3) is 0.207. The van der Waals surface area contributed by atoms with E-state index >= 15 is 0 Å². The van der Waals surface area contributed by atoms with Crippen molar-refractivity contribution in [1.82, 2.24) is 19.5 Å². The molecule has 5 aromatic rings. The average molecular weight is 558 g/mol. The number of aromatic nitrogens is 4. The van der Waals surface area contributed by atoms with Crippen molar-refractivity contribution in [1.29, 1.82) is 0 Å². The Bertz CT molecular complexity index is 1750. The highest BCUT2D eigenvalue weighted by molar-refractivity contribution is 7.90. The SMILES string of the molecule is COc1ccc(Nc2nc3cc(N(C)c4ccnc(Nc5ccc(C(C)S(C)(=O)=O)cc5)n4)ccc3n2C)cc1. The van der Waals surface area contributed by atoms with Crippen LogP contribution in [-0.4, -0.2) is 48.4 Å². The maximum atomic E-state index is 11.9. The monoisotopic (exact) mass is 557 g/mol. The minimum Gasteiger partial charge on any atom is -0.497 e. The third-order valence-electron chi connectivity index (χ3n) is 6.86. The Labute approximate surface area is 233 Å². The number of imidazole rings is 1. The van der Waals surface area contributed by atoms with Gasteiger partial charge in [0.1, 0.15) is 11.6 Å². The number of methoxy groups -OCH3 is 1. The molecule has 0 aliphatic rings. The van der Waals surface area contributed by atoms with Gasteiger partial charge < -0.3 is 24.8 Å². The summed E-state index contributed by atoms with van der Waals surface area (Å²) in [6.45, 7) is 1.68. The first-order chi connectivity index (χ1) is 19.1. The highest BCUT2D eigenvalue weighted by Crippen LogP contribution is 2.29. The number of ether oxygens (including phenoxy) is 1. The largest absolute Gasteiger partial charge is 0.497 e. The molecule has 0 bridgehead atoms. The van der Waals surface area contributed by atoms with Crippen LogP contribution in [0.4, 0.5) is 34.8 Å². The molecule has 0 spiro atoms. The van der Waals surface area contributed by atoms with E-state index in [4.69, 9.17) is 9.72 Å². The molecule has 0 aliphatic heterocycles. The van der Waals surface area contributed by atoms with Gasteiger partial charge >= 0.3 is 0 Å². The number of aryl methyl sites for hydroxylation is 1. The van der Waals surface area contributed by atoms with Crippen molar-refractivity contribution in [3.63, 3.8) is 0 Å². The molecule has 0 saturated heterocycles.